The van der Waals surface area contributed by atoms with Crippen molar-refractivity contribution in [2.24, 2.45) is 11.3 Å². The van der Waals surface area contributed by atoms with Crippen LogP contribution in [0.25, 0.3) is 0 Å². The molecular weight excluding hydrogens is 358 g/mol. The van der Waals surface area contributed by atoms with E-state index in [0.29, 0.717) is 25.3 Å². The first-order chi connectivity index (χ1) is 13.1. The second-order valence-corrected chi connectivity index (χ2v) is 8.88. The molecule has 7 nitrogen and oxygen atoms in total. The van der Waals surface area contributed by atoms with Crippen LogP contribution in [0.15, 0.2) is 24.3 Å². The molecule has 1 saturated carbocycles. The third-order valence-electron chi connectivity index (χ3n) is 5.57. The monoisotopic (exact) mass is 387 g/mol. The predicted molar refractivity (Wildman–Crippen MR) is 105 cm³/mol. The van der Waals surface area contributed by atoms with E-state index in [0.717, 1.165) is 22.6 Å². The van der Waals surface area contributed by atoms with Gasteiger partial charge in [0.25, 0.3) is 5.91 Å². The van der Waals surface area contributed by atoms with Gasteiger partial charge in [0.1, 0.15) is 17.8 Å². The Balaban J connectivity index is 1.61. The number of ether oxygens (including phenoxy) is 1. The van der Waals surface area contributed by atoms with Crippen LogP contribution in [-0.4, -0.2) is 41.9 Å². The predicted octanol–water partition coefficient (Wildman–Crippen LogP) is 2.45. The lowest BCUT2D eigenvalue weighted by Gasteiger charge is -2.43. The molecule has 1 aromatic rings. The van der Waals surface area contributed by atoms with Crippen molar-refractivity contribution in [3.63, 3.8) is 0 Å². The summed E-state index contributed by atoms with van der Waals surface area (Å²) in [5.41, 5.74) is -0.00689. The number of hydrogen-bond donors (Lipinski definition) is 2. The van der Waals surface area contributed by atoms with Crippen LogP contribution in [-0.2, 0) is 16.1 Å². The highest BCUT2D eigenvalue weighted by molar-refractivity contribution is 6.09. The second-order valence-electron chi connectivity index (χ2n) is 8.88. The Kier molecular flexibility index (Phi) is 5.37. The number of nitrogens with zero attached hydrogens (tertiary/aromatic N) is 1. The molecule has 152 valence electrons. The highest BCUT2D eigenvalue weighted by atomic mass is 16.5. The van der Waals surface area contributed by atoms with Crippen molar-refractivity contribution in [1.29, 1.82) is 0 Å². The zero-order chi connectivity index (χ0) is 20.5. The fraction of sp³-hybridized carbons (Fsp3) is 0.571. The van der Waals surface area contributed by atoms with Gasteiger partial charge in [0.15, 0.2) is 0 Å². The fourth-order valence-electron chi connectivity index (χ4n) is 4.79. The first kappa shape index (κ1) is 20.2. The standard InChI is InChI=1S/C21H29N3O4/c1-14-9-20(2,3)13-21(10-14)18(26)24(19(27)23-21)12-17(25)22-11-15-5-7-16(28-4)8-6-15/h5-8,14H,9-13H2,1-4H3,(H,22,25)(H,23,27)/t14-,21+/m0/s1. The van der Waals surface area contributed by atoms with Gasteiger partial charge in [-0.1, -0.05) is 32.9 Å². The van der Waals surface area contributed by atoms with Crippen molar-refractivity contribution in [2.45, 2.75) is 52.1 Å². The van der Waals surface area contributed by atoms with E-state index >= 15 is 0 Å². The Morgan fingerprint density at radius 2 is 1.93 bits per heavy atom. The van der Waals surface area contributed by atoms with Crippen LogP contribution in [0.5, 0.6) is 5.75 Å². The zero-order valence-corrected chi connectivity index (χ0v) is 17.0. The third-order valence-corrected chi connectivity index (χ3v) is 5.57. The maximum atomic E-state index is 13.1. The zero-order valence-electron chi connectivity index (χ0n) is 17.0. The molecular formula is C21H29N3O4. The fourth-order valence-corrected chi connectivity index (χ4v) is 4.79. The Bertz CT molecular complexity index is 774. The van der Waals surface area contributed by atoms with Crippen LogP contribution in [0, 0.1) is 11.3 Å². The van der Waals surface area contributed by atoms with Gasteiger partial charge in [-0.15, -0.1) is 0 Å². The van der Waals surface area contributed by atoms with Crippen molar-refractivity contribution in [2.75, 3.05) is 13.7 Å². The van der Waals surface area contributed by atoms with Crippen LogP contribution < -0.4 is 15.4 Å². The molecule has 1 aliphatic carbocycles. The van der Waals surface area contributed by atoms with E-state index in [-0.39, 0.29) is 23.8 Å². The quantitative estimate of drug-likeness (QED) is 0.760. The van der Waals surface area contributed by atoms with E-state index in [9.17, 15) is 14.4 Å². The lowest BCUT2D eigenvalue weighted by molar-refractivity contribution is -0.137. The second kappa shape index (κ2) is 7.45. The summed E-state index contributed by atoms with van der Waals surface area (Å²) in [6.07, 6.45) is 2.23. The van der Waals surface area contributed by atoms with E-state index < -0.39 is 11.6 Å². The lowest BCUT2D eigenvalue weighted by atomic mass is 9.64. The Hall–Kier alpha value is -2.57. The van der Waals surface area contributed by atoms with Crippen molar-refractivity contribution >= 4 is 17.8 Å². The number of imide groups is 1. The molecule has 2 N–H and O–H groups in total. The smallest absolute Gasteiger partial charge is 0.325 e. The SMILES string of the molecule is COc1ccc(CNC(=O)CN2C(=O)N[C@@]3(C[C@@H](C)CC(C)(C)C3)C2=O)cc1. The number of amides is 4. The van der Waals surface area contributed by atoms with Crippen LogP contribution in [0.3, 0.4) is 0 Å². The number of hydrogen-bond acceptors (Lipinski definition) is 4. The first-order valence-electron chi connectivity index (χ1n) is 9.68. The molecule has 1 aliphatic heterocycles. The summed E-state index contributed by atoms with van der Waals surface area (Å²) in [4.78, 5) is 38.9. The molecule has 2 fully saturated rings. The van der Waals surface area contributed by atoms with E-state index in [1.807, 2.05) is 24.3 Å². The van der Waals surface area contributed by atoms with Crippen molar-refractivity contribution in [3.8, 4) is 5.75 Å². The molecule has 4 amide bonds. The number of carbonyl (C=O) groups excluding carboxylic acids is 3. The van der Waals surface area contributed by atoms with Gasteiger partial charge in [0, 0.05) is 6.54 Å². The number of rotatable bonds is 5. The number of carbonyl (C=O) groups is 3. The van der Waals surface area contributed by atoms with Crippen LogP contribution in [0.1, 0.15) is 45.6 Å². The highest BCUT2D eigenvalue weighted by Crippen LogP contribution is 2.46. The van der Waals surface area contributed by atoms with Gasteiger partial charge in [0.05, 0.1) is 7.11 Å². The van der Waals surface area contributed by atoms with Gasteiger partial charge >= 0.3 is 6.03 Å². The van der Waals surface area contributed by atoms with Crippen LogP contribution in [0.2, 0.25) is 0 Å². The topological polar surface area (TPSA) is 87.7 Å². The van der Waals surface area contributed by atoms with Gasteiger partial charge in [-0.05, 0) is 48.3 Å². The molecule has 7 heteroatoms. The third kappa shape index (κ3) is 4.13. The summed E-state index contributed by atoms with van der Waals surface area (Å²) in [7, 11) is 1.59. The number of urea groups is 1. The summed E-state index contributed by atoms with van der Waals surface area (Å²) in [5, 5.41) is 5.66. The van der Waals surface area contributed by atoms with Crippen molar-refractivity contribution in [1.82, 2.24) is 15.5 Å². The van der Waals surface area contributed by atoms with E-state index in [4.69, 9.17) is 4.74 Å². The molecule has 1 saturated heterocycles. The Morgan fingerprint density at radius 1 is 1.25 bits per heavy atom. The molecule has 28 heavy (non-hydrogen) atoms. The lowest BCUT2D eigenvalue weighted by Crippen LogP contribution is -2.54. The molecule has 0 bridgehead atoms. The van der Waals surface area contributed by atoms with Crippen molar-refractivity contribution < 1.29 is 19.1 Å². The maximum Gasteiger partial charge on any atom is 0.325 e. The normalized spacial score (nSPS) is 26.3. The molecule has 1 spiro atoms. The number of methoxy groups -OCH3 is 1. The summed E-state index contributed by atoms with van der Waals surface area (Å²) in [5.74, 6) is 0.428. The minimum absolute atomic E-state index is 0.0345. The molecule has 0 unspecified atom stereocenters. The number of benzene rings is 1. The highest BCUT2D eigenvalue weighted by Gasteiger charge is 2.56. The van der Waals surface area contributed by atoms with Gasteiger partial charge in [0.2, 0.25) is 5.91 Å². The average molecular weight is 387 g/mol. The van der Waals surface area contributed by atoms with E-state index in [1.165, 1.54) is 0 Å². The average Bonchev–Trinajstić information content (AvgIpc) is 2.82. The molecule has 1 heterocycles. The summed E-state index contributed by atoms with van der Waals surface area (Å²) >= 11 is 0. The summed E-state index contributed by atoms with van der Waals surface area (Å²) in [6.45, 7) is 6.40. The molecule has 2 atom stereocenters. The Labute approximate surface area is 165 Å². The molecule has 0 aromatic heterocycles. The minimum Gasteiger partial charge on any atom is -0.497 e. The molecule has 1 aromatic carbocycles. The Morgan fingerprint density at radius 3 is 2.54 bits per heavy atom. The van der Waals surface area contributed by atoms with Gasteiger partial charge in [-0.3, -0.25) is 14.5 Å². The van der Waals surface area contributed by atoms with E-state index in [1.54, 1.807) is 7.11 Å². The summed E-state index contributed by atoms with van der Waals surface area (Å²) < 4.78 is 5.11. The minimum atomic E-state index is -0.880. The molecule has 3 rings (SSSR count). The van der Waals surface area contributed by atoms with Crippen molar-refractivity contribution in [3.05, 3.63) is 29.8 Å². The van der Waals surface area contributed by atoms with Crippen LogP contribution >= 0.6 is 0 Å². The first-order valence-corrected chi connectivity index (χ1v) is 9.68. The van der Waals surface area contributed by atoms with Gasteiger partial charge in [-0.2, -0.15) is 0 Å². The molecule has 0 radical (unpaired) electrons. The number of nitrogens with one attached hydrogen (secondary N) is 2. The van der Waals surface area contributed by atoms with Crippen LogP contribution in [0.4, 0.5) is 4.79 Å². The van der Waals surface area contributed by atoms with Gasteiger partial charge in [-0.25, -0.2) is 4.79 Å². The summed E-state index contributed by atoms with van der Waals surface area (Å²) in [6, 6.07) is 6.86. The largest absolute Gasteiger partial charge is 0.497 e. The maximum absolute atomic E-state index is 13.1. The molecule has 2 aliphatic rings. The van der Waals surface area contributed by atoms with E-state index in [2.05, 4.69) is 31.4 Å². The van der Waals surface area contributed by atoms with Gasteiger partial charge < -0.3 is 15.4 Å².